The highest BCUT2D eigenvalue weighted by Crippen LogP contribution is 2.36. The zero-order valence-corrected chi connectivity index (χ0v) is 20.2. The molecule has 1 N–H and O–H groups in total. The minimum atomic E-state index is -0.868. The third kappa shape index (κ3) is 5.48. The summed E-state index contributed by atoms with van der Waals surface area (Å²) in [6, 6.07) is 11.0. The number of ether oxygens (including phenoxy) is 1. The highest BCUT2D eigenvalue weighted by Gasteiger charge is 2.29. The number of aromatic nitrogens is 1. The minimum absolute atomic E-state index is 0.0398. The highest BCUT2D eigenvalue weighted by molar-refractivity contribution is 7.22. The molecule has 8 heteroatoms. The van der Waals surface area contributed by atoms with E-state index < -0.39 is 5.97 Å². The fourth-order valence-corrected chi connectivity index (χ4v) is 5.83. The van der Waals surface area contributed by atoms with Gasteiger partial charge in [0.25, 0.3) is 0 Å². The van der Waals surface area contributed by atoms with E-state index in [1.54, 1.807) is 29.5 Å². The number of fused-ring (bicyclic) bond motifs is 1. The van der Waals surface area contributed by atoms with Gasteiger partial charge in [0.2, 0.25) is 0 Å². The summed E-state index contributed by atoms with van der Waals surface area (Å²) in [6.07, 6.45) is 3.10. The van der Waals surface area contributed by atoms with E-state index in [2.05, 4.69) is 11.8 Å². The van der Waals surface area contributed by atoms with Crippen LogP contribution in [0, 0.1) is 11.8 Å². The Bertz CT molecular complexity index is 1100. The average molecular weight is 493 g/mol. The topological polar surface area (TPSA) is 62.7 Å². The molecule has 0 amide bonds. The first-order valence-electron chi connectivity index (χ1n) is 10.9. The lowest BCUT2D eigenvalue weighted by Gasteiger charge is -2.38. The lowest BCUT2D eigenvalue weighted by molar-refractivity contribution is -0.136. The quantitative estimate of drug-likeness (QED) is 0.386. The third-order valence-electron chi connectivity index (χ3n) is 6.12. The molecule has 170 valence electrons. The lowest BCUT2D eigenvalue weighted by atomic mass is 9.82. The first-order chi connectivity index (χ1) is 15.4. The molecule has 4 rings (SSSR count). The van der Waals surface area contributed by atoms with Crippen molar-refractivity contribution in [2.24, 2.45) is 11.8 Å². The van der Waals surface area contributed by atoms with Gasteiger partial charge < -0.3 is 14.7 Å². The first-order valence-corrected chi connectivity index (χ1v) is 12.4. The summed E-state index contributed by atoms with van der Waals surface area (Å²) in [5.41, 5.74) is 1.69. The number of carboxylic acid groups (broad SMARTS) is 1. The van der Waals surface area contributed by atoms with Crippen LogP contribution in [0.25, 0.3) is 10.2 Å². The van der Waals surface area contributed by atoms with Gasteiger partial charge in [-0.3, -0.25) is 4.79 Å². The predicted molar refractivity (Wildman–Crippen MR) is 132 cm³/mol. The second-order valence-corrected chi connectivity index (χ2v) is 10.1. The molecule has 1 aliphatic rings. The van der Waals surface area contributed by atoms with Crippen molar-refractivity contribution in [2.75, 3.05) is 24.6 Å². The number of carboxylic acids is 1. The Morgan fingerprint density at radius 2 is 2.09 bits per heavy atom. The molecule has 0 bridgehead atoms. The van der Waals surface area contributed by atoms with E-state index in [1.165, 1.54) is 0 Å². The summed E-state index contributed by atoms with van der Waals surface area (Å²) in [4.78, 5) is 18.2. The van der Waals surface area contributed by atoms with Gasteiger partial charge in [-0.15, -0.1) is 0 Å². The summed E-state index contributed by atoms with van der Waals surface area (Å²) in [5, 5.41) is 11.3. The van der Waals surface area contributed by atoms with Gasteiger partial charge in [0.15, 0.2) is 5.13 Å². The number of rotatable bonds is 8. The number of hydrogen-bond donors (Lipinski definition) is 1. The zero-order chi connectivity index (χ0) is 22.7. The number of benzene rings is 2. The van der Waals surface area contributed by atoms with Gasteiger partial charge in [0, 0.05) is 18.1 Å². The van der Waals surface area contributed by atoms with E-state index in [-0.39, 0.29) is 6.42 Å². The van der Waals surface area contributed by atoms with Crippen LogP contribution in [0.4, 0.5) is 5.13 Å². The summed E-state index contributed by atoms with van der Waals surface area (Å²) < 4.78 is 7.08. The van der Waals surface area contributed by atoms with E-state index in [1.807, 2.05) is 18.2 Å². The summed E-state index contributed by atoms with van der Waals surface area (Å²) in [5.74, 6) is 0.828. The largest absolute Gasteiger partial charge is 0.492 e. The predicted octanol–water partition coefficient (Wildman–Crippen LogP) is 6.55. The van der Waals surface area contributed by atoms with Crippen LogP contribution in [0.15, 0.2) is 36.4 Å². The van der Waals surface area contributed by atoms with Crippen molar-refractivity contribution >= 4 is 55.9 Å². The molecule has 0 spiro atoms. The number of hydrogen-bond acceptors (Lipinski definition) is 5. The number of piperidine rings is 1. The molecule has 1 aromatic heterocycles. The van der Waals surface area contributed by atoms with Crippen molar-refractivity contribution in [1.29, 1.82) is 0 Å². The maximum atomic E-state index is 11.0. The maximum Gasteiger partial charge on any atom is 0.307 e. The van der Waals surface area contributed by atoms with Gasteiger partial charge in [-0.25, -0.2) is 4.98 Å². The summed E-state index contributed by atoms with van der Waals surface area (Å²) >= 11 is 14.1. The van der Waals surface area contributed by atoms with E-state index in [0.717, 1.165) is 52.7 Å². The minimum Gasteiger partial charge on any atom is -0.492 e. The third-order valence-corrected chi connectivity index (χ3v) is 7.75. The van der Waals surface area contributed by atoms with Crippen LogP contribution in [0.5, 0.6) is 5.75 Å². The maximum absolute atomic E-state index is 11.0. The van der Waals surface area contributed by atoms with Crippen LogP contribution >= 0.6 is 34.5 Å². The van der Waals surface area contributed by atoms with Gasteiger partial charge in [0.1, 0.15) is 5.75 Å². The van der Waals surface area contributed by atoms with Gasteiger partial charge in [-0.2, -0.15) is 0 Å². The Morgan fingerprint density at radius 1 is 1.25 bits per heavy atom. The Hall–Kier alpha value is -2.02. The van der Waals surface area contributed by atoms with Crippen LogP contribution < -0.4 is 9.64 Å². The van der Waals surface area contributed by atoms with Crippen molar-refractivity contribution in [3.8, 4) is 5.75 Å². The number of thiazole rings is 1. The second kappa shape index (κ2) is 10.3. The summed E-state index contributed by atoms with van der Waals surface area (Å²) in [6.45, 7) is 4.77. The molecule has 0 radical (unpaired) electrons. The van der Waals surface area contributed by atoms with Crippen molar-refractivity contribution in [2.45, 2.75) is 32.6 Å². The molecule has 2 aromatic carbocycles. The van der Waals surface area contributed by atoms with Crippen LogP contribution in [-0.4, -0.2) is 35.8 Å². The van der Waals surface area contributed by atoms with Crippen molar-refractivity contribution in [3.05, 3.63) is 52.0 Å². The van der Waals surface area contributed by atoms with E-state index in [9.17, 15) is 4.79 Å². The number of aliphatic carboxylic acids is 1. The van der Waals surface area contributed by atoms with Crippen molar-refractivity contribution < 1.29 is 14.6 Å². The smallest absolute Gasteiger partial charge is 0.307 e. The molecule has 2 heterocycles. The molecule has 1 unspecified atom stereocenters. The van der Waals surface area contributed by atoms with Crippen LogP contribution in [0.1, 0.15) is 31.7 Å². The Balaban J connectivity index is 1.35. The average Bonchev–Trinajstić information content (AvgIpc) is 3.19. The molecular formula is C24H26Cl2N2O3S. The van der Waals surface area contributed by atoms with E-state index >= 15 is 0 Å². The lowest BCUT2D eigenvalue weighted by Crippen LogP contribution is -2.40. The standard InChI is InChI=1S/C24H26Cl2N2O3S/c1-2-16-14-28(24-27-20-6-4-18(25)13-22(20)32-24)9-7-17(16)8-10-31-21-11-15(12-23(29)30)3-5-19(21)26/h3-6,11,13,16-17H,2,7-10,12,14H2,1H3,(H,29,30)/t16-,17?/m0/s1. The van der Waals surface area contributed by atoms with Crippen LogP contribution in [0.2, 0.25) is 10.0 Å². The number of carbonyl (C=O) groups is 1. The van der Waals surface area contributed by atoms with E-state index in [4.69, 9.17) is 38.0 Å². The van der Waals surface area contributed by atoms with Gasteiger partial charge in [-0.1, -0.05) is 53.9 Å². The number of anilines is 1. The van der Waals surface area contributed by atoms with Gasteiger partial charge in [-0.05, 0) is 60.6 Å². The second-order valence-electron chi connectivity index (χ2n) is 8.24. The van der Waals surface area contributed by atoms with Gasteiger partial charge in [0.05, 0.1) is 28.3 Å². The van der Waals surface area contributed by atoms with Crippen molar-refractivity contribution in [1.82, 2.24) is 4.98 Å². The highest BCUT2D eigenvalue weighted by atomic mass is 35.5. The zero-order valence-electron chi connectivity index (χ0n) is 17.9. The fourth-order valence-electron chi connectivity index (χ4n) is 4.38. The molecular weight excluding hydrogens is 467 g/mol. The summed E-state index contributed by atoms with van der Waals surface area (Å²) in [7, 11) is 0. The molecule has 0 saturated carbocycles. The molecule has 32 heavy (non-hydrogen) atoms. The molecule has 5 nitrogen and oxygen atoms in total. The molecule has 1 fully saturated rings. The van der Waals surface area contributed by atoms with E-state index in [0.29, 0.717) is 34.8 Å². The Labute approximate surface area is 201 Å². The number of nitrogens with zero attached hydrogens (tertiary/aromatic N) is 2. The normalized spacial score (nSPS) is 18.8. The van der Waals surface area contributed by atoms with Crippen LogP contribution in [-0.2, 0) is 11.2 Å². The number of halogens is 2. The fraction of sp³-hybridized carbons (Fsp3) is 0.417. The SMILES string of the molecule is CC[C@H]1CN(c2nc3ccc(Cl)cc3s2)CCC1CCOc1cc(CC(=O)O)ccc1Cl. The Kier molecular flexibility index (Phi) is 7.44. The molecule has 0 aliphatic carbocycles. The Morgan fingerprint density at radius 3 is 2.88 bits per heavy atom. The van der Waals surface area contributed by atoms with Crippen molar-refractivity contribution in [3.63, 3.8) is 0 Å². The van der Waals surface area contributed by atoms with Gasteiger partial charge >= 0.3 is 5.97 Å². The first kappa shape index (κ1) is 23.1. The molecule has 2 atom stereocenters. The molecule has 1 saturated heterocycles. The monoisotopic (exact) mass is 492 g/mol. The molecule has 1 aliphatic heterocycles. The molecule has 3 aromatic rings. The van der Waals surface area contributed by atoms with Crippen LogP contribution in [0.3, 0.4) is 0 Å².